The van der Waals surface area contributed by atoms with E-state index in [0.717, 1.165) is 22.7 Å². The fraction of sp³-hybridized carbons (Fsp3) is 0.312. The molecule has 0 bridgehead atoms. The van der Waals surface area contributed by atoms with Crippen LogP contribution in [0.5, 0.6) is 0 Å². The van der Waals surface area contributed by atoms with Crippen LogP contribution >= 0.6 is 0 Å². The molecule has 5 nitrogen and oxygen atoms in total. The number of hydrogen-bond donors (Lipinski definition) is 3. The van der Waals surface area contributed by atoms with Gasteiger partial charge in [-0.25, -0.2) is 0 Å². The van der Waals surface area contributed by atoms with Crippen LogP contribution in [0, 0.1) is 0 Å². The standard InChI is InChI=1S/C16H22N4O/c1-17-14-9-13(15(18-2)16(14)19-3)12-8-6-5-7-11(12)10-20-21-4/h5-10,13,17-19H,1-4H3. The summed E-state index contributed by atoms with van der Waals surface area (Å²) in [6.07, 6.45) is 3.95. The molecule has 1 aliphatic carbocycles. The van der Waals surface area contributed by atoms with E-state index in [1.807, 2.05) is 39.3 Å². The van der Waals surface area contributed by atoms with Gasteiger partial charge < -0.3 is 20.8 Å². The van der Waals surface area contributed by atoms with Crippen molar-refractivity contribution in [3.8, 4) is 0 Å². The van der Waals surface area contributed by atoms with Crippen LogP contribution in [-0.4, -0.2) is 34.5 Å². The maximum atomic E-state index is 4.80. The summed E-state index contributed by atoms with van der Waals surface area (Å²) >= 11 is 0. The molecule has 1 aromatic carbocycles. The number of rotatable bonds is 6. The number of hydrogen-bond acceptors (Lipinski definition) is 5. The minimum absolute atomic E-state index is 0.152. The van der Waals surface area contributed by atoms with Crippen molar-refractivity contribution in [3.05, 3.63) is 58.6 Å². The summed E-state index contributed by atoms with van der Waals surface area (Å²) in [4.78, 5) is 4.80. The molecule has 0 spiro atoms. The predicted molar refractivity (Wildman–Crippen MR) is 86.1 cm³/mol. The molecule has 1 atom stereocenters. The summed E-state index contributed by atoms with van der Waals surface area (Å²) in [5, 5.41) is 13.7. The van der Waals surface area contributed by atoms with Gasteiger partial charge in [-0.3, -0.25) is 0 Å². The second kappa shape index (κ2) is 6.83. The van der Waals surface area contributed by atoms with E-state index in [2.05, 4.69) is 33.2 Å². The summed E-state index contributed by atoms with van der Waals surface area (Å²) in [5.74, 6) is 0.152. The number of benzene rings is 1. The highest BCUT2D eigenvalue weighted by molar-refractivity contribution is 5.82. The number of nitrogens with zero attached hydrogens (tertiary/aromatic N) is 1. The Balaban J connectivity index is 2.49. The third-order valence-electron chi connectivity index (χ3n) is 3.60. The quantitative estimate of drug-likeness (QED) is 0.548. The molecule has 3 N–H and O–H groups in total. The Kier molecular flexibility index (Phi) is 4.87. The molecule has 0 amide bonds. The van der Waals surface area contributed by atoms with Gasteiger partial charge >= 0.3 is 0 Å². The van der Waals surface area contributed by atoms with E-state index in [1.54, 1.807) is 13.3 Å². The van der Waals surface area contributed by atoms with Gasteiger partial charge in [0.2, 0.25) is 0 Å². The average molecular weight is 286 g/mol. The van der Waals surface area contributed by atoms with Gasteiger partial charge in [-0.2, -0.15) is 0 Å². The van der Waals surface area contributed by atoms with Crippen molar-refractivity contribution in [3.63, 3.8) is 0 Å². The highest BCUT2D eigenvalue weighted by Crippen LogP contribution is 2.35. The zero-order valence-electron chi connectivity index (χ0n) is 12.9. The molecule has 5 heteroatoms. The minimum atomic E-state index is 0.152. The van der Waals surface area contributed by atoms with Crippen molar-refractivity contribution < 1.29 is 4.84 Å². The predicted octanol–water partition coefficient (Wildman–Crippen LogP) is 1.52. The van der Waals surface area contributed by atoms with E-state index >= 15 is 0 Å². The Labute approximate surface area is 125 Å². The molecule has 0 fully saturated rings. The maximum absolute atomic E-state index is 4.80. The molecular formula is C16H22N4O. The first-order valence-electron chi connectivity index (χ1n) is 6.91. The molecule has 1 aliphatic rings. The number of allylic oxidation sites excluding steroid dienone is 1. The maximum Gasteiger partial charge on any atom is 0.106 e. The van der Waals surface area contributed by atoms with Gasteiger partial charge in [-0.15, -0.1) is 0 Å². The lowest BCUT2D eigenvalue weighted by molar-refractivity contribution is 0.215. The van der Waals surface area contributed by atoms with E-state index in [1.165, 1.54) is 5.56 Å². The molecule has 0 radical (unpaired) electrons. The lowest BCUT2D eigenvalue weighted by Gasteiger charge is -2.17. The molecule has 0 heterocycles. The third kappa shape index (κ3) is 2.86. The Morgan fingerprint density at radius 1 is 1.10 bits per heavy atom. The Morgan fingerprint density at radius 3 is 2.48 bits per heavy atom. The van der Waals surface area contributed by atoms with Crippen molar-refractivity contribution in [2.75, 3.05) is 28.3 Å². The van der Waals surface area contributed by atoms with Crippen LogP contribution in [-0.2, 0) is 4.84 Å². The summed E-state index contributed by atoms with van der Waals surface area (Å²) in [7, 11) is 7.35. The van der Waals surface area contributed by atoms with Crippen molar-refractivity contribution in [2.24, 2.45) is 5.16 Å². The first-order chi connectivity index (χ1) is 10.3. The van der Waals surface area contributed by atoms with E-state index in [4.69, 9.17) is 4.84 Å². The Bertz CT molecular complexity index is 590. The van der Waals surface area contributed by atoms with Crippen LogP contribution in [0.25, 0.3) is 0 Å². The van der Waals surface area contributed by atoms with Gasteiger partial charge in [0.05, 0.1) is 17.6 Å². The van der Waals surface area contributed by atoms with Gasteiger partial charge in [-0.05, 0) is 11.6 Å². The van der Waals surface area contributed by atoms with E-state index in [-0.39, 0.29) is 5.92 Å². The second-order valence-corrected chi connectivity index (χ2v) is 4.64. The topological polar surface area (TPSA) is 57.7 Å². The van der Waals surface area contributed by atoms with Crippen LogP contribution in [0.2, 0.25) is 0 Å². The van der Waals surface area contributed by atoms with Crippen LogP contribution in [0.15, 0.2) is 52.6 Å². The van der Waals surface area contributed by atoms with Gasteiger partial charge in [-0.1, -0.05) is 29.4 Å². The zero-order valence-corrected chi connectivity index (χ0v) is 12.9. The second-order valence-electron chi connectivity index (χ2n) is 4.64. The lowest BCUT2D eigenvalue weighted by Crippen LogP contribution is -2.21. The van der Waals surface area contributed by atoms with Crippen LogP contribution in [0.4, 0.5) is 0 Å². The van der Waals surface area contributed by atoms with Crippen LogP contribution in [0.3, 0.4) is 0 Å². The Hall–Kier alpha value is -2.43. The SMILES string of the molecule is CNC1=CC(c2ccccc2C=NOC)C(NC)=C1NC. The molecule has 0 aromatic heterocycles. The first kappa shape index (κ1) is 15.0. The smallest absolute Gasteiger partial charge is 0.106 e. The van der Waals surface area contributed by atoms with E-state index in [0.29, 0.717) is 0 Å². The van der Waals surface area contributed by atoms with Crippen molar-refractivity contribution >= 4 is 6.21 Å². The summed E-state index contributed by atoms with van der Waals surface area (Å²) < 4.78 is 0. The zero-order chi connectivity index (χ0) is 15.2. The largest absolute Gasteiger partial charge is 0.399 e. The van der Waals surface area contributed by atoms with Gasteiger partial charge in [0.1, 0.15) is 7.11 Å². The highest BCUT2D eigenvalue weighted by Gasteiger charge is 2.27. The molecule has 21 heavy (non-hydrogen) atoms. The van der Waals surface area contributed by atoms with Gasteiger partial charge in [0, 0.05) is 38.3 Å². The number of oxime groups is 1. The van der Waals surface area contributed by atoms with Gasteiger partial charge in [0.15, 0.2) is 0 Å². The molecule has 0 aliphatic heterocycles. The van der Waals surface area contributed by atoms with Crippen molar-refractivity contribution in [2.45, 2.75) is 5.92 Å². The molecule has 1 aromatic rings. The van der Waals surface area contributed by atoms with E-state index in [9.17, 15) is 0 Å². The van der Waals surface area contributed by atoms with E-state index < -0.39 is 0 Å². The fourth-order valence-corrected chi connectivity index (χ4v) is 2.66. The summed E-state index contributed by atoms with van der Waals surface area (Å²) in [6, 6.07) is 8.19. The molecule has 0 saturated heterocycles. The first-order valence-corrected chi connectivity index (χ1v) is 6.91. The molecule has 0 saturated carbocycles. The highest BCUT2D eigenvalue weighted by atomic mass is 16.6. The molecule has 112 valence electrons. The fourth-order valence-electron chi connectivity index (χ4n) is 2.66. The number of nitrogens with one attached hydrogen (secondary N) is 3. The van der Waals surface area contributed by atoms with Crippen LogP contribution < -0.4 is 16.0 Å². The van der Waals surface area contributed by atoms with Crippen molar-refractivity contribution in [1.29, 1.82) is 0 Å². The molecular weight excluding hydrogens is 264 g/mol. The molecule has 2 rings (SSSR count). The average Bonchev–Trinajstić information content (AvgIpc) is 2.90. The normalized spacial score (nSPS) is 17.9. The van der Waals surface area contributed by atoms with Gasteiger partial charge in [0.25, 0.3) is 0 Å². The van der Waals surface area contributed by atoms with Crippen LogP contribution in [0.1, 0.15) is 17.0 Å². The van der Waals surface area contributed by atoms with Crippen molar-refractivity contribution in [1.82, 2.24) is 16.0 Å². The number of likely N-dealkylation sites (N-methyl/N-ethyl adjacent to an activating group) is 3. The third-order valence-corrected chi connectivity index (χ3v) is 3.60. The lowest BCUT2D eigenvalue weighted by atomic mass is 9.93. The molecule has 1 unspecified atom stereocenters. The minimum Gasteiger partial charge on any atom is -0.399 e. The Morgan fingerprint density at radius 2 is 1.86 bits per heavy atom. The summed E-state index contributed by atoms with van der Waals surface area (Å²) in [5.41, 5.74) is 5.54. The summed E-state index contributed by atoms with van der Waals surface area (Å²) in [6.45, 7) is 0. The monoisotopic (exact) mass is 286 g/mol.